The number of thioether (sulfide) groups is 1. The van der Waals surface area contributed by atoms with E-state index in [1.807, 2.05) is 0 Å². The number of benzene rings is 1. The van der Waals surface area contributed by atoms with Crippen molar-refractivity contribution in [3.63, 3.8) is 0 Å². The number of hydrogen-bond acceptors (Lipinski definition) is 7. The Kier molecular flexibility index (Phi) is 5.08. The molecule has 0 spiro atoms. The number of carboxylic acid groups (broad SMARTS) is 1. The van der Waals surface area contributed by atoms with Crippen LogP contribution in [0.2, 0.25) is 0 Å². The summed E-state index contributed by atoms with van der Waals surface area (Å²) in [4.78, 5) is 26.2. The molecule has 0 aliphatic heterocycles. The molecule has 3 aromatic rings. The number of nitrogens with zero attached hydrogens (tertiary/aromatic N) is 3. The number of aliphatic carboxylic acids is 1. The van der Waals surface area contributed by atoms with Gasteiger partial charge in [0.1, 0.15) is 22.3 Å². The Morgan fingerprint density at radius 2 is 2.11 bits per heavy atom. The van der Waals surface area contributed by atoms with Gasteiger partial charge in [-0.05, 0) is 37.7 Å². The number of aromatic nitrogens is 3. The van der Waals surface area contributed by atoms with Crippen molar-refractivity contribution in [1.82, 2.24) is 15.2 Å². The van der Waals surface area contributed by atoms with Gasteiger partial charge in [0, 0.05) is 23.3 Å². The summed E-state index contributed by atoms with van der Waals surface area (Å²) in [5.74, 6) is 0.134. The molecule has 0 saturated heterocycles. The second kappa shape index (κ2) is 7.46. The van der Waals surface area contributed by atoms with E-state index >= 15 is 0 Å². The zero-order valence-electron chi connectivity index (χ0n) is 14.3. The van der Waals surface area contributed by atoms with Crippen LogP contribution < -0.4 is 0 Å². The van der Waals surface area contributed by atoms with Crippen molar-refractivity contribution in [1.29, 1.82) is 0 Å². The van der Waals surface area contributed by atoms with Gasteiger partial charge in [-0.25, -0.2) is 9.78 Å². The van der Waals surface area contributed by atoms with Crippen LogP contribution in [0.5, 0.6) is 0 Å². The van der Waals surface area contributed by atoms with Gasteiger partial charge in [0.25, 0.3) is 5.69 Å². The number of carbonyl (C=O) groups is 1. The summed E-state index contributed by atoms with van der Waals surface area (Å²) in [6, 6.07) is 7.93. The van der Waals surface area contributed by atoms with Crippen molar-refractivity contribution in [2.75, 3.05) is 0 Å². The molecule has 0 fully saturated rings. The zero-order valence-corrected chi connectivity index (χ0v) is 15.1. The zero-order chi connectivity index (χ0) is 19.6. The summed E-state index contributed by atoms with van der Waals surface area (Å²) in [5.41, 5.74) is 1.03. The lowest BCUT2D eigenvalue weighted by Gasteiger charge is -2.03. The highest BCUT2D eigenvalue weighted by Crippen LogP contribution is 2.32. The fourth-order valence-corrected chi connectivity index (χ4v) is 3.13. The third kappa shape index (κ3) is 4.06. The van der Waals surface area contributed by atoms with Crippen molar-refractivity contribution in [3.05, 3.63) is 62.5 Å². The number of furan rings is 1. The number of nitrogens with one attached hydrogen (secondary N) is 1. The topological polar surface area (TPSA) is 135 Å². The normalized spacial score (nSPS) is 11.6. The van der Waals surface area contributed by atoms with Gasteiger partial charge in [-0.15, -0.1) is 5.10 Å². The molecule has 0 saturated carbocycles. The van der Waals surface area contributed by atoms with Gasteiger partial charge in [-0.3, -0.25) is 15.2 Å². The fourth-order valence-electron chi connectivity index (χ4n) is 2.39. The Bertz CT molecular complexity index is 1050. The van der Waals surface area contributed by atoms with E-state index in [1.54, 1.807) is 38.1 Å². The van der Waals surface area contributed by atoms with Crippen LogP contribution in [0.15, 0.2) is 44.8 Å². The number of aryl methyl sites for hydroxylation is 1. The van der Waals surface area contributed by atoms with Gasteiger partial charge in [-0.2, -0.15) is 0 Å². The summed E-state index contributed by atoms with van der Waals surface area (Å²) in [6.45, 7) is 3.34. The number of rotatable bonds is 6. The van der Waals surface area contributed by atoms with Crippen molar-refractivity contribution in [2.45, 2.75) is 19.0 Å². The molecule has 0 aliphatic rings. The van der Waals surface area contributed by atoms with E-state index in [2.05, 4.69) is 15.2 Å². The average molecular weight is 386 g/mol. The van der Waals surface area contributed by atoms with Gasteiger partial charge >= 0.3 is 5.97 Å². The minimum Gasteiger partial charge on any atom is -0.477 e. The maximum Gasteiger partial charge on any atom is 0.342 e. The summed E-state index contributed by atoms with van der Waals surface area (Å²) in [6.07, 6.45) is 1.36. The molecule has 9 nitrogen and oxygen atoms in total. The predicted octanol–water partition coefficient (Wildman–Crippen LogP) is 3.81. The largest absolute Gasteiger partial charge is 0.477 e. The van der Waals surface area contributed by atoms with E-state index < -0.39 is 10.9 Å². The lowest BCUT2D eigenvalue weighted by Crippen LogP contribution is -1.97. The molecule has 27 heavy (non-hydrogen) atoms. The first-order chi connectivity index (χ1) is 12.8. The van der Waals surface area contributed by atoms with Crippen LogP contribution in [-0.4, -0.2) is 31.2 Å². The molecule has 2 N–H and O–H groups in total. The molecule has 0 atom stereocenters. The Morgan fingerprint density at radius 1 is 1.33 bits per heavy atom. The molecule has 2 heterocycles. The molecular weight excluding hydrogens is 372 g/mol. The highest BCUT2D eigenvalue weighted by Gasteiger charge is 2.18. The first-order valence-electron chi connectivity index (χ1n) is 7.71. The quantitative estimate of drug-likeness (QED) is 0.282. The van der Waals surface area contributed by atoms with E-state index in [4.69, 9.17) is 4.42 Å². The molecule has 0 bridgehead atoms. The molecular formula is C17H14N4O5S. The third-order valence-electron chi connectivity index (χ3n) is 3.66. The van der Waals surface area contributed by atoms with Crippen molar-refractivity contribution in [3.8, 4) is 11.3 Å². The molecule has 3 rings (SSSR count). The van der Waals surface area contributed by atoms with Crippen molar-refractivity contribution >= 4 is 29.5 Å². The van der Waals surface area contributed by atoms with Gasteiger partial charge in [0.2, 0.25) is 5.16 Å². The summed E-state index contributed by atoms with van der Waals surface area (Å²) >= 11 is 0.886. The Morgan fingerprint density at radius 3 is 2.74 bits per heavy atom. The second-order valence-corrected chi connectivity index (χ2v) is 6.54. The first-order valence-corrected chi connectivity index (χ1v) is 8.53. The molecule has 0 radical (unpaired) electrons. The summed E-state index contributed by atoms with van der Waals surface area (Å²) < 4.78 is 5.68. The minimum absolute atomic E-state index is 0.0113. The number of nitro benzene ring substituents is 1. The Hall–Kier alpha value is -3.40. The summed E-state index contributed by atoms with van der Waals surface area (Å²) in [5, 5.41) is 27.3. The van der Waals surface area contributed by atoms with Gasteiger partial charge < -0.3 is 9.52 Å². The maximum absolute atomic E-state index is 11.5. The number of carboxylic acids is 1. The van der Waals surface area contributed by atoms with Gasteiger partial charge in [0.05, 0.1) is 4.92 Å². The molecule has 1 aromatic carbocycles. The van der Waals surface area contributed by atoms with E-state index in [1.165, 1.54) is 12.1 Å². The Balaban J connectivity index is 1.92. The molecule has 0 aliphatic carbocycles. The fraction of sp³-hybridized carbons (Fsp3) is 0.118. The van der Waals surface area contributed by atoms with E-state index in [0.29, 0.717) is 28.5 Å². The standard InChI is InChI=1S/C17H14N4O5S/c1-9-12(4-3-5-13(9)21(24)25)14-7-6-11(26-14)8-15(16(22)23)27-17-18-10(2)19-20-17/h3-8H,1-2H3,(H,22,23)(H,18,19,20)/b15-8-. The smallest absolute Gasteiger partial charge is 0.342 e. The van der Waals surface area contributed by atoms with Gasteiger partial charge in [0.15, 0.2) is 0 Å². The van der Waals surface area contributed by atoms with Crippen LogP contribution in [0.25, 0.3) is 17.4 Å². The third-order valence-corrected chi connectivity index (χ3v) is 4.53. The number of hydrogen-bond donors (Lipinski definition) is 2. The number of nitro groups is 1. The molecule has 138 valence electrons. The van der Waals surface area contributed by atoms with Crippen molar-refractivity contribution < 1.29 is 19.2 Å². The van der Waals surface area contributed by atoms with Crippen molar-refractivity contribution in [2.24, 2.45) is 0 Å². The second-order valence-electron chi connectivity index (χ2n) is 5.53. The number of aromatic amines is 1. The average Bonchev–Trinajstić information content (AvgIpc) is 3.23. The SMILES string of the molecule is Cc1nc(S/C(=C\c2ccc(-c3cccc([N+](=O)[O-])c3C)o2)C(=O)O)n[nH]1. The van der Waals surface area contributed by atoms with E-state index in [0.717, 1.165) is 11.8 Å². The maximum atomic E-state index is 11.5. The molecule has 10 heteroatoms. The lowest BCUT2D eigenvalue weighted by molar-refractivity contribution is -0.385. The van der Waals surface area contributed by atoms with E-state index in [9.17, 15) is 20.0 Å². The Labute approximate surface area is 157 Å². The molecule has 0 unspecified atom stereocenters. The number of H-pyrrole nitrogens is 1. The highest BCUT2D eigenvalue weighted by atomic mass is 32.2. The first kappa shape index (κ1) is 18.4. The van der Waals surface area contributed by atoms with Crippen LogP contribution in [0, 0.1) is 24.0 Å². The van der Waals surface area contributed by atoms with Gasteiger partial charge in [-0.1, -0.05) is 12.1 Å². The lowest BCUT2D eigenvalue weighted by atomic mass is 10.1. The van der Waals surface area contributed by atoms with Crippen LogP contribution in [0.3, 0.4) is 0 Å². The molecule has 2 aromatic heterocycles. The molecule has 0 amide bonds. The van der Waals surface area contributed by atoms with Crippen LogP contribution in [0.4, 0.5) is 5.69 Å². The van der Waals surface area contributed by atoms with Crippen LogP contribution >= 0.6 is 11.8 Å². The highest BCUT2D eigenvalue weighted by molar-refractivity contribution is 8.04. The summed E-state index contributed by atoms with van der Waals surface area (Å²) in [7, 11) is 0. The van der Waals surface area contributed by atoms with E-state index in [-0.39, 0.29) is 15.7 Å². The van der Waals surface area contributed by atoms with Crippen LogP contribution in [-0.2, 0) is 4.79 Å². The predicted molar refractivity (Wildman–Crippen MR) is 98.1 cm³/mol. The van der Waals surface area contributed by atoms with Crippen LogP contribution in [0.1, 0.15) is 17.1 Å². The monoisotopic (exact) mass is 386 g/mol. The minimum atomic E-state index is -1.15.